The Balaban J connectivity index is 2.57. The molecule has 0 saturated heterocycles. The number of carbonyl (C=O) groups is 2. The molecular formula is C12H15ClN2O2. The van der Waals surface area contributed by atoms with Gasteiger partial charge in [0.05, 0.1) is 10.6 Å². The van der Waals surface area contributed by atoms with Gasteiger partial charge in [-0.05, 0) is 18.6 Å². The minimum atomic E-state index is -0.424. The third-order valence-corrected chi connectivity index (χ3v) is 2.81. The first-order valence-corrected chi connectivity index (χ1v) is 5.78. The molecule has 0 aromatic heterocycles. The largest absolute Gasteiger partial charge is 0.273 e. The van der Waals surface area contributed by atoms with E-state index in [2.05, 4.69) is 10.9 Å². The molecule has 1 aromatic carbocycles. The number of hydrogen-bond donors (Lipinski definition) is 2. The summed E-state index contributed by atoms with van der Waals surface area (Å²) in [5.74, 6) is -0.776. The summed E-state index contributed by atoms with van der Waals surface area (Å²) in [5, 5.41) is 0.350. The van der Waals surface area contributed by atoms with Crippen LogP contribution in [0, 0.1) is 5.92 Å². The van der Waals surface area contributed by atoms with Gasteiger partial charge in [-0.3, -0.25) is 20.4 Å². The van der Waals surface area contributed by atoms with E-state index in [-0.39, 0.29) is 11.8 Å². The van der Waals surface area contributed by atoms with Gasteiger partial charge in [0, 0.05) is 5.92 Å². The SMILES string of the molecule is CCC(C)C(=O)NNC(=O)c1ccccc1Cl. The van der Waals surface area contributed by atoms with Crippen molar-refractivity contribution in [3.63, 3.8) is 0 Å². The van der Waals surface area contributed by atoms with E-state index in [4.69, 9.17) is 11.6 Å². The van der Waals surface area contributed by atoms with Crippen LogP contribution < -0.4 is 10.9 Å². The van der Waals surface area contributed by atoms with Crippen molar-refractivity contribution in [2.24, 2.45) is 5.92 Å². The Morgan fingerprint density at radius 2 is 1.94 bits per heavy atom. The Bertz CT molecular complexity index is 421. The summed E-state index contributed by atoms with van der Waals surface area (Å²) in [7, 11) is 0. The summed E-state index contributed by atoms with van der Waals surface area (Å²) in [6, 6.07) is 6.65. The topological polar surface area (TPSA) is 58.2 Å². The Morgan fingerprint density at radius 3 is 2.53 bits per heavy atom. The van der Waals surface area contributed by atoms with Crippen LogP contribution in [0.4, 0.5) is 0 Å². The van der Waals surface area contributed by atoms with Gasteiger partial charge >= 0.3 is 0 Å². The van der Waals surface area contributed by atoms with Crippen LogP contribution in [0.5, 0.6) is 0 Å². The lowest BCUT2D eigenvalue weighted by Crippen LogP contribution is -2.44. The van der Waals surface area contributed by atoms with Gasteiger partial charge in [-0.15, -0.1) is 0 Å². The van der Waals surface area contributed by atoms with Crippen LogP contribution in [0.3, 0.4) is 0 Å². The number of carbonyl (C=O) groups excluding carboxylic acids is 2. The highest BCUT2D eigenvalue weighted by Crippen LogP contribution is 2.14. The second-order valence-electron chi connectivity index (χ2n) is 3.73. The van der Waals surface area contributed by atoms with E-state index in [0.29, 0.717) is 17.0 Å². The minimum absolute atomic E-state index is 0.137. The van der Waals surface area contributed by atoms with Crippen molar-refractivity contribution in [1.29, 1.82) is 0 Å². The van der Waals surface area contributed by atoms with Crippen molar-refractivity contribution < 1.29 is 9.59 Å². The van der Waals surface area contributed by atoms with Gasteiger partial charge in [-0.2, -0.15) is 0 Å². The van der Waals surface area contributed by atoms with Crippen molar-refractivity contribution in [3.05, 3.63) is 34.9 Å². The van der Waals surface area contributed by atoms with E-state index in [1.807, 2.05) is 6.92 Å². The average molecular weight is 255 g/mol. The van der Waals surface area contributed by atoms with Crippen LogP contribution in [0.2, 0.25) is 5.02 Å². The van der Waals surface area contributed by atoms with Crippen LogP contribution in [0.1, 0.15) is 30.6 Å². The monoisotopic (exact) mass is 254 g/mol. The molecule has 4 nitrogen and oxygen atoms in total. The molecule has 0 heterocycles. The Morgan fingerprint density at radius 1 is 1.29 bits per heavy atom. The van der Waals surface area contributed by atoms with Crippen molar-refractivity contribution in [3.8, 4) is 0 Å². The third-order valence-electron chi connectivity index (χ3n) is 2.48. The third kappa shape index (κ3) is 3.75. The summed E-state index contributed by atoms with van der Waals surface area (Å²) in [5.41, 5.74) is 5.03. The van der Waals surface area contributed by atoms with Crippen molar-refractivity contribution >= 4 is 23.4 Å². The van der Waals surface area contributed by atoms with Crippen LogP contribution in [-0.4, -0.2) is 11.8 Å². The lowest BCUT2D eigenvalue weighted by molar-refractivity contribution is -0.125. The number of hydrazine groups is 1. The fourth-order valence-electron chi connectivity index (χ4n) is 1.14. The number of amides is 2. The molecule has 0 saturated carbocycles. The van der Waals surface area contributed by atoms with Gasteiger partial charge in [-0.25, -0.2) is 0 Å². The molecule has 2 amide bonds. The summed E-state index contributed by atoms with van der Waals surface area (Å²) in [4.78, 5) is 23.1. The molecule has 5 heteroatoms. The van der Waals surface area contributed by atoms with Gasteiger partial charge in [-0.1, -0.05) is 37.6 Å². The van der Waals surface area contributed by atoms with Gasteiger partial charge in [0.25, 0.3) is 5.91 Å². The second kappa shape index (κ2) is 6.25. The van der Waals surface area contributed by atoms with Crippen molar-refractivity contribution in [2.45, 2.75) is 20.3 Å². The van der Waals surface area contributed by atoms with Gasteiger partial charge < -0.3 is 0 Å². The number of nitrogens with one attached hydrogen (secondary N) is 2. The maximum Gasteiger partial charge on any atom is 0.271 e. The number of benzene rings is 1. The zero-order valence-electron chi connectivity index (χ0n) is 9.79. The van der Waals surface area contributed by atoms with Crippen LogP contribution in [-0.2, 0) is 4.79 Å². The first-order valence-electron chi connectivity index (χ1n) is 5.41. The van der Waals surface area contributed by atoms with E-state index in [0.717, 1.165) is 0 Å². The zero-order chi connectivity index (χ0) is 12.8. The maximum atomic E-state index is 11.7. The van der Waals surface area contributed by atoms with E-state index in [9.17, 15) is 9.59 Å². The Labute approximate surface area is 105 Å². The number of hydrogen-bond acceptors (Lipinski definition) is 2. The highest BCUT2D eigenvalue weighted by Gasteiger charge is 2.13. The van der Waals surface area contributed by atoms with E-state index in [1.54, 1.807) is 31.2 Å². The molecule has 1 atom stereocenters. The molecule has 1 unspecified atom stereocenters. The maximum absolute atomic E-state index is 11.7. The Hall–Kier alpha value is -1.55. The predicted molar refractivity (Wildman–Crippen MR) is 66.5 cm³/mol. The van der Waals surface area contributed by atoms with E-state index in [1.165, 1.54) is 0 Å². The fraction of sp³-hybridized carbons (Fsp3) is 0.333. The molecular weight excluding hydrogens is 240 g/mol. The first-order chi connectivity index (χ1) is 8.06. The number of rotatable bonds is 3. The average Bonchev–Trinajstić information content (AvgIpc) is 2.35. The summed E-state index contributed by atoms with van der Waals surface area (Å²) < 4.78 is 0. The van der Waals surface area contributed by atoms with E-state index < -0.39 is 5.91 Å². The highest BCUT2D eigenvalue weighted by molar-refractivity contribution is 6.33. The van der Waals surface area contributed by atoms with Gasteiger partial charge in [0.15, 0.2) is 0 Å². The predicted octanol–water partition coefficient (Wildman–Crippen LogP) is 2.15. The zero-order valence-corrected chi connectivity index (χ0v) is 10.5. The van der Waals surface area contributed by atoms with Gasteiger partial charge in [0.1, 0.15) is 0 Å². The molecule has 17 heavy (non-hydrogen) atoms. The lowest BCUT2D eigenvalue weighted by atomic mass is 10.1. The molecule has 1 rings (SSSR count). The van der Waals surface area contributed by atoms with Crippen LogP contribution >= 0.6 is 11.6 Å². The summed E-state index contributed by atoms with van der Waals surface area (Å²) >= 11 is 5.85. The molecule has 0 fully saturated rings. The van der Waals surface area contributed by atoms with Crippen molar-refractivity contribution in [2.75, 3.05) is 0 Å². The summed E-state index contributed by atoms with van der Waals surface area (Å²) in [6.45, 7) is 3.69. The second-order valence-corrected chi connectivity index (χ2v) is 4.14. The summed E-state index contributed by atoms with van der Waals surface area (Å²) in [6.07, 6.45) is 0.716. The fourth-order valence-corrected chi connectivity index (χ4v) is 1.36. The lowest BCUT2D eigenvalue weighted by Gasteiger charge is -2.11. The van der Waals surface area contributed by atoms with E-state index >= 15 is 0 Å². The first kappa shape index (κ1) is 13.5. The standard InChI is InChI=1S/C12H15ClN2O2/c1-3-8(2)11(16)14-15-12(17)9-6-4-5-7-10(9)13/h4-8H,3H2,1-2H3,(H,14,16)(H,15,17). The molecule has 92 valence electrons. The molecule has 0 bridgehead atoms. The minimum Gasteiger partial charge on any atom is -0.273 e. The molecule has 0 aliphatic carbocycles. The van der Waals surface area contributed by atoms with Crippen LogP contribution in [0.25, 0.3) is 0 Å². The van der Waals surface area contributed by atoms with Crippen LogP contribution in [0.15, 0.2) is 24.3 Å². The Kier molecular flexibility index (Phi) is 4.97. The highest BCUT2D eigenvalue weighted by atomic mass is 35.5. The molecule has 1 aromatic rings. The molecule has 2 N–H and O–H groups in total. The van der Waals surface area contributed by atoms with Gasteiger partial charge in [0.2, 0.25) is 5.91 Å². The number of halogens is 1. The smallest absolute Gasteiger partial charge is 0.271 e. The molecule has 0 spiro atoms. The van der Waals surface area contributed by atoms with Crippen molar-refractivity contribution in [1.82, 2.24) is 10.9 Å². The molecule has 0 aliphatic rings. The normalized spacial score (nSPS) is 11.7. The quantitative estimate of drug-likeness (QED) is 0.812. The molecule has 0 aliphatic heterocycles. The molecule has 0 radical (unpaired) electrons.